The van der Waals surface area contributed by atoms with E-state index in [2.05, 4.69) is 11.0 Å². The Labute approximate surface area is 161 Å². The summed E-state index contributed by atoms with van der Waals surface area (Å²) >= 11 is 0. The van der Waals surface area contributed by atoms with Crippen molar-refractivity contribution < 1.29 is 14.5 Å². The highest BCUT2D eigenvalue weighted by atomic mass is 16.6. The van der Waals surface area contributed by atoms with Crippen molar-refractivity contribution in [2.45, 2.75) is 13.8 Å². The van der Waals surface area contributed by atoms with Gasteiger partial charge in [0.15, 0.2) is 6.61 Å². The van der Waals surface area contributed by atoms with E-state index in [-0.39, 0.29) is 12.3 Å². The van der Waals surface area contributed by atoms with E-state index >= 15 is 0 Å². The van der Waals surface area contributed by atoms with Crippen molar-refractivity contribution in [2.24, 2.45) is 0 Å². The quantitative estimate of drug-likeness (QED) is 0.292. The molecule has 0 radical (unpaired) electrons. The maximum absolute atomic E-state index is 12.1. The SMILES string of the molecule is C#CCOC(=O)c1cccc(-n2nc(C)c(-c3cccc([N+](=O)[O-])c3)c2C)c1. The zero-order valence-electron chi connectivity index (χ0n) is 15.4. The number of nitro groups is 1. The zero-order chi connectivity index (χ0) is 20.3. The molecule has 0 fully saturated rings. The number of terminal acetylenes is 1. The number of hydrogen-bond donors (Lipinski definition) is 0. The lowest BCUT2D eigenvalue weighted by atomic mass is 10.0. The summed E-state index contributed by atoms with van der Waals surface area (Å²) in [4.78, 5) is 22.7. The van der Waals surface area contributed by atoms with Crippen LogP contribution < -0.4 is 0 Å². The van der Waals surface area contributed by atoms with E-state index in [0.29, 0.717) is 16.8 Å². The number of aromatic nitrogens is 2. The number of nitrogens with zero attached hydrogens (tertiary/aromatic N) is 3. The highest BCUT2D eigenvalue weighted by Crippen LogP contribution is 2.31. The van der Waals surface area contributed by atoms with Crippen LogP contribution in [0.15, 0.2) is 48.5 Å². The number of ether oxygens (including phenoxy) is 1. The molecule has 1 heterocycles. The second-order valence-corrected chi connectivity index (χ2v) is 6.10. The zero-order valence-corrected chi connectivity index (χ0v) is 15.4. The van der Waals surface area contributed by atoms with Crippen LogP contribution in [-0.4, -0.2) is 27.3 Å². The second kappa shape index (κ2) is 7.76. The number of nitro benzene ring substituents is 1. The number of benzene rings is 2. The third-order valence-corrected chi connectivity index (χ3v) is 4.25. The predicted octanol–water partition coefficient (Wildman–Crippen LogP) is 3.85. The molecular formula is C21H17N3O4. The van der Waals surface area contributed by atoms with E-state index in [1.165, 1.54) is 12.1 Å². The number of aryl methyl sites for hydroxylation is 1. The molecule has 0 spiro atoms. The average molecular weight is 375 g/mol. The Morgan fingerprint density at radius 2 is 2.00 bits per heavy atom. The summed E-state index contributed by atoms with van der Waals surface area (Å²) in [5.74, 6) is 1.74. The van der Waals surface area contributed by atoms with Crippen LogP contribution in [0.1, 0.15) is 21.7 Å². The van der Waals surface area contributed by atoms with Gasteiger partial charge in [0.2, 0.25) is 0 Å². The van der Waals surface area contributed by atoms with Gasteiger partial charge >= 0.3 is 5.97 Å². The van der Waals surface area contributed by atoms with Crippen LogP contribution in [0, 0.1) is 36.3 Å². The maximum atomic E-state index is 12.1. The lowest BCUT2D eigenvalue weighted by Gasteiger charge is -2.08. The first-order valence-electron chi connectivity index (χ1n) is 8.44. The molecule has 0 unspecified atom stereocenters. The van der Waals surface area contributed by atoms with Gasteiger partial charge in [0.1, 0.15) is 0 Å². The lowest BCUT2D eigenvalue weighted by Crippen LogP contribution is -2.07. The van der Waals surface area contributed by atoms with E-state index < -0.39 is 10.9 Å². The first-order chi connectivity index (χ1) is 13.4. The molecule has 0 aliphatic heterocycles. The number of rotatable bonds is 5. The monoisotopic (exact) mass is 375 g/mol. The van der Waals surface area contributed by atoms with Crippen LogP contribution in [0.25, 0.3) is 16.8 Å². The fourth-order valence-electron chi connectivity index (χ4n) is 3.04. The average Bonchev–Trinajstić information content (AvgIpc) is 3.00. The summed E-state index contributed by atoms with van der Waals surface area (Å²) in [5, 5.41) is 15.6. The number of non-ortho nitro benzene ring substituents is 1. The summed E-state index contributed by atoms with van der Waals surface area (Å²) in [6.07, 6.45) is 5.12. The summed E-state index contributed by atoms with van der Waals surface area (Å²) in [6.45, 7) is 3.61. The molecule has 0 N–H and O–H groups in total. The lowest BCUT2D eigenvalue weighted by molar-refractivity contribution is -0.384. The molecule has 3 aromatic rings. The minimum absolute atomic E-state index is 0.0160. The summed E-state index contributed by atoms with van der Waals surface area (Å²) in [7, 11) is 0. The Morgan fingerprint density at radius 1 is 1.25 bits per heavy atom. The van der Waals surface area contributed by atoms with Gasteiger partial charge in [-0.2, -0.15) is 5.10 Å². The molecule has 1 aromatic heterocycles. The Bertz CT molecular complexity index is 1110. The van der Waals surface area contributed by atoms with E-state index in [9.17, 15) is 14.9 Å². The molecule has 7 heteroatoms. The van der Waals surface area contributed by atoms with Gasteiger partial charge in [-0.1, -0.05) is 24.1 Å². The summed E-state index contributed by atoms with van der Waals surface area (Å²) < 4.78 is 6.66. The molecular weight excluding hydrogens is 358 g/mol. The van der Waals surface area contributed by atoms with Gasteiger partial charge in [-0.25, -0.2) is 9.48 Å². The molecule has 0 aliphatic carbocycles. The van der Waals surface area contributed by atoms with Gasteiger partial charge in [0.25, 0.3) is 5.69 Å². The van der Waals surface area contributed by atoms with Crippen LogP contribution >= 0.6 is 0 Å². The molecule has 0 saturated carbocycles. The van der Waals surface area contributed by atoms with Crippen LogP contribution in [-0.2, 0) is 4.74 Å². The fraction of sp³-hybridized carbons (Fsp3) is 0.143. The van der Waals surface area contributed by atoms with Crippen LogP contribution in [0.4, 0.5) is 5.69 Å². The van der Waals surface area contributed by atoms with Crippen LogP contribution in [0.5, 0.6) is 0 Å². The van der Waals surface area contributed by atoms with Gasteiger partial charge < -0.3 is 4.74 Å². The Balaban J connectivity index is 2.03. The highest BCUT2D eigenvalue weighted by molar-refractivity contribution is 5.90. The van der Waals surface area contributed by atoms with Gasteiger partial charge in [-0.05, 0) is 37.6 Å². The van der Waals surface area contributed by atoms with E-state index in [0.717, 1.165) is 17.0 Å². The molecule has 2 aromatic carbocycles. The van der Waals surface area contributed by atoms with Crippen molar-refractivity contribution in [3.8, 4) is 29.2 Å². The topological polar surface area (TPSA) is 87.3 Å². The molecule has 0 saturated heterocycles. The van der Waals surface area contributed by atoms with Crippen molar-refractivity contribution in [3.05, 3.63) is 75.6 Å². The Hall–Kier alpha value is -3.92. The normalized spacial score (nSPS) is 10.3. The maximum Gasteiger partial charge on any atom is 0.339 e. The van der Waals surface area contributed by atoms with Crippen molar-refractivity contribution in [3.63, 3.8) is 0 Å². The minimum atomic E-state index is -0.514. The van der Waals surface area contributed by atoms with E-state index in [1.54, 1.807) is 28.9 Å². The number of carbonyl (C=O) groups is 1. The molecule has 3 rings (SSSR count). The van der Waals surface area contributed by atoms with Gasteiger partial charge in [-0.3, -0.25) is 10.1 Å². The number of carbonyl (C=O) groups excluding carboxylic acids is 1. The third kappa shape index (κ3) is 3.62. The van der Waals surface area contributed by atoms with Crippen molar-refractivity contribution in [1.82, 2.24) is 9.78 Å². The van der Waals surface area contributed by atoms with E-state index in [4.69, 9.17) is 11.2 Å². The van der Waals surface area contributed by atoms with Gasteiger partial charge in [-0.15, -0.1) is 6.42 Å². The van der Waals surface area contributed by atoms with Gasteiger partial charge in [0, 0.05) is 23.4 Å². The predicted molar refractivity (Wildman–Crippen MR) is 104 cm³/mol. The van der Waals surface area contributed by atoms with Crippen molar-refractivity contribution in [2.75, 3.05) is 6.61 Å². The molecule has 0 bridgehead atoms. The number of hydrogen-bond acceptors (Lipinski definition) is 5. The van der Waals surface area contributed by atoms with Crippen LogP contribution in [0.3, 0.4) is 0 Å². The largest absolute Gasteiger partial charge is 0.449 e. The fourth-order valence-corrected chi connectivity index (χ4v) is 3.04. The standard InChI is InChI=1S/C21H17N3O4/c1-4-11-28-21(25)17-8-6-9-18(13-17)23-15(3)20(14(2)22-23)16-7-5-10-19(12-16)24(26)27/h1,5-10,12-13H,11H2,2-3H3. The summed E-state index contributed by atoms with van der Waals surface area (Å²) in [6, 6.07) is 13.3. The van der Waals surface area contributed by atoms with Gasteiger partial charge in [0.05, 0.1) is 21.9 Å². The van der Waals surface area contributed by atoms with Crippen molar-refractivity contribution in [1.29, 1.82) is 0 Å². The molecule has 0 amide bonds. The Kier molecular flexibility index (Phi) is 5.23. The molecule has 140 valence electrons. The summed E-state index contributed by atoms with van der Waals surface area (Å²) in [5.41, 5.74) is 4.08. The smallest absolute Gasteiger partial charge is 0.339 e. The van der Waals surface area contributed by atoms with Crippen molar-refractivity contribution >= 4 is 11.7 Å². The highest BCUT2D eigenvalue weighted by Gasteiger charge is 2.18. The van der Waals surface area contributed by atoms with E-state index in [1.807, 2.05) is 26.0 Å². The molecule has 0 aliphatic rings. The molecule has 28 heavy (non-hydrogen) atoms. The second-order valence-electron chi connectivity index (χ2n) is 6.10. The minimum Gasteiger partial charge on any atom is -0.449 e. The molecule has 0 atom stereocenters. The Morgan fingerprint density at radius 3 is 2.71 bits per heavy atom. The first-order valence-corrected chi connectivity index (χ1v) is 8.44. The third-order valence-electron chi connectivity index (χ3n) is 4.25. The first kappa shape index (κ1) is 18.9. The number of esters is 1. The van der Waals surface area contributed by atoms with Crippen LogP contribution in [0.2, 0.25) is 0 Å². The molecule has 7 nitrogen and oxygen atoms in total.